The van der Waals surface area contributed by atoms with E-state index >= 15 is 0 Å². The molecule has 1 heterocycles. The van der Waals surface area contributed by atoms with E-state index in [1.165, 1.54) is 32.7 Å². The second kappa shape index (κ2) is 5.75. The minimum Gasteiger partial charge on any atom is -0.493 e. The first-order valence-electron chi connectivity index (χ1n) is 5.60. The Morgan fingerprint density at radius 2 is 1.74 bits per heavy atom. The quantitative estimate of drug-likeness (QED) is 0.789. The second-order valence-corrected chi connectivity index (χ2v) is 4.64. The topological polar surface area (TPSA) is 44.8 Å². The molecule has 0 saturated heterocycles. The van der Waals surface area contributed by atoms with Gasteiger partial charge in [-0.2, -0.15) is 0 Å². The number of ether oxygens (including phenoxy) is 3. The molecule has 0 saturated carbocycles. The zero-order valence-corrected chi connectivity index (χ0v) is 11.7. The van der Waals surface area contributed by atoms with Crippen molar-refractivity contribution in [1.29, 1.82) is 0 Å². The molecule has 0 fully saturated rings. The summed E-state index contributed by atoms with van der Waals surface area (Å²) in [6.45, 7) is 0. The van der Waals surface area contributed by atoms with Crippen molar-refractivity contribution in [2.45, 2.75) is 0 Å². The lowest BCUT2D eigenvalue weighted by atomic mass is 10.1. The van der Waals surface area contributed by atoms with E-state index in [4.69, 9.17) is 14.2 Å². The number of carbonyl (C=O) groups is 1. The summed E-state index contributed by atoms with van der Waals surface area (Å²) in [6, 6.07) is 7.00. The monoisotopic (exact) mass is 278 g/mol. The molecule has 0 aliphatic carbocycles. The Morgan fingerprint density at radius 3 is 2.26 bits per heavy atom. The number of benzene rings is 1. The first-order valence-corrected chi connectivity index (χ1v) is 6.48. The Hall–Kier alpha value is -2.01. The van der Waals surface area contributed by atoms with Gasteiger partial charge < -0.3 is 14.2 Å². The molecule has 0 unspecified atom stereocenters. The molecule has 5 heteroatoms. The lowest BCUT2D eigenvalue weighted by Gasteiger charge is -2.14. The molecule has 0 N–H and O–H groups in total. The van der Waals surface area contributed by atoms with Gasteiger partial charge >= 0.3 is 0 Å². The zero-order chi connectivity index (χ0) is 13.8. The van der Waals surface area contributed by atoms with Crippen molar-refractivity contribution < 1.29 is 19.0 Å². The maximum absolute atomic E-state index is 12.4. The highest BCUT2D eigenvalue weighted by atomic mass is 32.1. The van der Waals surface area contributed by atoms with Gasteiger partial charge in [-0.1, -0.05) is 6.07 Å². The molecule has 0 radical (unpaired) electrons. The molecule has 1 aromatic heterocycles. The van der Waals surface area contributed by atoms with Gasteiger partial charge in [-0.15, -0.1) is 11.3 Å². The Bertz CT molecular complexity index is 575. The number of hydrogen-bond donors (Lipinski definition) is 0. The smallest absolute Gasteiger partial charge is 0.206 e. The van der Waals surface area contributed by atoms with Crippen molar-refractivity contribution >= 4 is 17.1 Å². The molecule has 2 rings (SSSR count). The summed E-state index contributed by atoms with van der Waals surface area (Å²) in [5.74, 6) is 1.25. The number of ketones is 1. The molecule has 0 aliphatic heterocycles. The lowest BCUT2D eigenvalue weighted by Crippen LogP contribution is -2.04. The Balaban J connectivity index is 2.55. The second-order valence-electron chi connectivity index (χ2n) is 3.69. The van der Waals surface area contributed by atoms with Gasteiger partial charge in [0.2, 0.25) is 11.5 Å². The summed E-state index contributed by atoms with van der Waals surface area (Å²) in [5, 5.41) is 1.86. The molecule has 0 bridgehead atoms. The third-order valence-electron chi connectivity index (χ3n) is 2.69. The average molecular weight is 278 g/mol. The van der Waals surface area contributed by atoms with E-state index < -0.39 is 0 Å². The molecule has 100 valence electrons. The predicted octanol–water partition coefficient (Wildman–Crippen LogP) is 3.00. The third-order valence-corrected chi connectivity index (χ3v) is 3.56. The van der Waals surface area contributed by atoms with E-state index in [9.17, 15) is 4.79 Å². The molecule has 0 atom stereocenters. The number of methoxy groups -OCH3 is 3. The molecular formula is C14H14O4S. The highest BCUT2D eigenvalue weighted by Crippen LogP contribution is 2.40. The fourth-order valence-electron chi connectivity index (χ4n) is 1.82. The number of thiophene rings is 1. The van der Waals surface area contributed by atoms with Gasteiger partial charge in [-0.3, -0.25) is 4.79 Å². The van der Waals surface area contributed by atoms with Crippen molar-refractivity contribution in [3.05, 3.63) is 40.1 Å². The average Bonchev–Trinajstić information content (AvgIpc) is 2.98. The van der Waals surface area contributed by atoms with Gasteiger partial charge in [0.25, 0.3) is 0 Å². The molecule has 19 heavy (non-hydrogen) atoms. The predicted molar refractivity (Wildman–Crippen MR) is 73.8 cm³/mol. The molecule has 0 spiro atoms. The fraction of sp³-hybridized carbons (Fsp3) is 0.214. The van der Waals surface area contributed by atoms with Crippen LogP contribution in [0.4, 0.5) is 0 Å². The minimum atomic E-state index is -0.0900. The minimum absolute atomic E-state index is 0.0900. The van der Waals surface area contributed by atoms with Crippen LogP contribution in [0, 0.1) is 0 Å². The van der Waals surface area contributed by atoms with Crippen LogP contribution in [0.15, 0.2) is 29.6 Å². The van der Waals surface area contributed by atoms with Crippen LogP contribution >= 0.6 is 11.3 Å². The van der Waals surface area contributed by atoms with Crippen LogP contribution < -0.4 is 14.2 Å². The van der Waals surface area contributed by atoms with Crippen LogP contribution in [0.25, 0.3) is 0 Å². The summed E-state index contributed by atoms with van der Waals surface area (Å²) in [7, 11) is 4.56. The highest BCUT2D eigenvalue weighted by molar-refractivity contribution is 7.12. The van der Waals surface area contributed by atoms with Crippen LogP contribution in [0.2, 0.25) is 0 Å². The van der Waals surface area contributed by atoms with Crippen molar-refractivity contribution in [1.82, 2.24) is 0 Å². The maximum atomic E-state index is 12.4. The van der Waals surface area contributed by atoms with Crippen LogP contribution in [-0.4, -0.2) is 27.1 Å². The summed E-state index contributed by atoms with van der Waals surface area (Å²) >= 11 is 1.39. The van der Waals surface area contributed by atoms with Gasteiger partial charge in [-0.25, -0.2) is 0 Å². The van der Waals surface area contributed by atoms with Gasteiger partial charge in [0.1, 0.15) is 0 Å². The Morgan fingerprint density at radius 1 is 1.00 bits per heavy atom. The summed E-state index contributed by atoms with van der Waals surface area (Å²) < 4.78 is 15.8. The van der Waals surface area contributed by atoms with E-state index in [1.807, 2.05) is 11.4 Å². The van der Waals surface area contributed by atoms with E-state index in [0.29, 0.717) is 27.7 Å². The number of hydrogen-bond acceptors (Lipinski definition) is 5. The first kappa shape index (κ1) is 13.4. The van der Waals surface area contributed by atoms with E-state index in [-0.39, 0.29) is 5.78 Å². The fourth-order valence-corrected chi connectivity index (χ4v) is 2.50. The van der Waals surface area contributed by atoms with Crippen molar-refractivity contribution in [3.8, 4) is 17.2 Å². The van der Waals surface area contributed by atoms with Crippen molar-refractivity contribution in [3.63, 3.8) is 0 Å². The number of carbonyl (C=O) groups excluding carboxylic acids is 1. The number of rotatable bonds is 5. The van der Waals surface area contributed by atoms with E-state index in [1.54, 1.807) is 18.2 Å². The third kappa shape index (κ3) is 2.42. The SMILES string of the molecule is COc1ccc(C(=O)c2cccs2)c(OC)c1OC. The molecule has 2 aromatic rings. The van der Waals surface area contributed by atoms with E-state index in [0.717, 1.165) is 0 Å². The van der Waals surface area contributed by atoms with Gasteiger partial charge in [0, 0.05) is 0 Å². The van der Waals surface area contributed by atoms with E-state index in [2.05, 4.69) is 0 Å². The molecular weight excluding hydrogens is 264 g/mol. The molecule has 1 aromatic carbocycles. The first-order chi connectivity index (χ1) is 9.22. The highest BCUT2D eigenvalue weighted by Gasteiger charge is 2.21. The van der Waals surface area contributed by atoms with Crippen LogP contribution in [-0.2, 0) is 0 Å². The lowest BCUT2D eigenvalue weighted by molar-refractivity contribution is 0.103. The standard InChI is InChI=1S/C14H14O4S/c1-16-10-7-6-9(13(17-2)14(10)18-3)12(15)11-5-4-8-19-11/h4-8H,1-3H3. The van der Waals surface area contributed by atoms with Crippen molar-refractivity contribution in [2.75, 3.05) is 21.3 Å². The van der Waals surface area contributed by atoms with Gasteiger partial charge in [0.15, 0.2) is 11.5 Å². The van der Waals surface area contributed by atoms with Crippen LogP contribution in [0.3, 0.4) is 0 Å². The van der Waals surface area contributed by atoms with Crippen LogP contribution in [0.1, 0.15) is 15.2 Å². The molecule has 0 amide bonds. The summed E-state index contributed by atoms with van der Waals surface area (Å²) in [4.78, 5) is 13.0. The van der Waals surface area contributed by atoms with Gasteiger partial charge in [-0.05, 0) is 23.6 Å². The molecule has 0 aliphatic rings. The molecule has 4 nitrogen and oxygen atoms in total. The zero-order valence-electron chi connectivity index (χ0n) is 10.9. The van der Waals surface area contributed by atoms with Crippen molar-refractivity contribution in [2.24, 2.45) is 0 Å². The summed E-state index contributed by atoms with van der Waals surface area (Å²) in [6.07, 6.45) is 0. The summed E-state index contributed by atoms with van der Waals surface area (Å²) in [5.41, 5.74) is 0.461. The Labute approximate surface area is 115 Å². The van der Waals surface area contributed by atoms with Crippen LogP contribution in [0.5, 0.6) is 17.2 Å². The Kier molecular flexibility index (Phi) is 4.06. The van der Waals surface area contributed by atoms with Gasteiger partial charge in [0.05, 0.1) is 31.8 Å². The largest absolute Gasteiger partial charge is 0.493 e. The normalized spacial score (nSPS) is 10.1. The maximum Gasteiger partial charge on any atom is 0.206 e.